The second kappa shape index (κ2) is 5.39. The Morgan fingerprint density at radius 1 is 1.50 bits per heavy atom. The summed E-state index contributed by atoms with van der Waals surface area (Å²) in [6.45, 7) is 0. The van der Waals surface area contributed by atoms with Crippen LogP contribution in [0.25, 0.3) is 0 Å². The van der Waals surface area contributed by atoms with Crippen molar-refractivity contribution >= 4 is 17.6 Å². The van der Waals surface area contributed by atoms with Gasteiger partial charge >= 0.3 is 5.97 Å². The van der Waals surface area contributed by atoms with Crippen LogP contribution in [-0.4, -0.2) is 31.7 Å². The molecule has 8 nitrogen and oxygen atoms in total. The molecule has 8 heteroatoms. The van der Waals surface area contributed by atoms with E-state index >= 15 is 0 Å². The molecule has 20 heavy (non-hydrogen) atoms. The third-order valence-electron chi connectivity index (χ3n) is 2.63. The predicted molar refractivity (Wildman–Crippen MR) is 69.7 cm³/mol. The smallest absolute Gasteiger partial charge is 0.331 e. The molecule has 0 aliphatic carbocycles. The van der Waals surface area contributed by atoms with E-state index in [4.69, 9.17) is 5.73 Å². The number of nitrogens with two attached hydrogens (primary N) is 1. The molecule has 0 saturated carbocycles. The number of carbonyl (C=O) groups is 2. The van der Waals surface area contributed by atoms with E-state index in [1.54, 1.807) is 13.1 Å². The standard InChI is InChI=1S/C12H13N5O3/c1-17-6-7(5-15-17)9(12(19)20)16-11(18)10-8(13)3-2-4-14-10/h2-6,9H,13H2,1H3,(H,16,18)(H,19,20). The first kappa shape index (κ1) is 13.5. The van der Waals surface area contributed by atoms with Gasteiger partial charge in [-0.05, 0) is 12.1 Å². The van der Waals surface area contributed by atoms with Crippen molar-refractivity contribution in [2.24, 2.45) is 7.05 Å². The zero-order valence-corrected chi connectivity index (χ0v) is 10.6. The van der Waals surface area contributed by atoms with Gasteiger partial charge in [-0.3, -0.25) is 9.48 Å². The number of aromatic nitrogens is 3. The quantitative estimate of drug-likeness (QED) is 0.719. The Morgan fingerprint density at radius 3 is 2.80 bits per heavy atom. The Bertz CT molecular complexity index is 652. The number of rotatable bonds is 4. The zero-order valence-electron chi connectivity index (χ0n) is 10.6. The minimum atomic E-state index is -1.21. The number of nitrogens with zero attached hydrogens (tertiary/aromatic N) is 3. The molecule has 2 rings (SSSR count). The Kier molecular flexibility index (Phi) is 3.65. The van der Waals surface area contributed by atoms with Crippen molar-refractivity contribution in [3.8, 4) is 0 Å². The molecule has 104 valence electrons. The number of aliphatic carboxylic acids is 1. The Labute approximate surface area is 114 Å². The summed E-state index contributed by atoms with van der Waals surface area (Å²) in [6.07, 6.45) is 4.30. The summed E-state index contributed by atoms with van der Waals surface area (Å²) in [5.74, 6) is -1.85. The molecule has 1 atom stereocenters. The molecule has 2 heterocycles. The van der Waals surface area contributed by atoms with Gasteiger partial charge in [-0.25, -0.2) is 9.78 Å². The number of amides is 1. The van der Waals surface area contributed by atoms with Crippen LogP contribution < -0.4 is 11.1 Å². The molecule has 0 aromatic carbocycles. The van der Waals surface area contributed by atoms with Gasteiger partial charge in [0.25, 0.3) is 5.91 Å². The number of carboxylic acids is 1. The molecule has 2 aromatic rings. The van der Waals surface area contributed by atoms with Gasteiger partial charge in [0.15, 0.2) is 11.7 Å². The molecular weight excluding hydrogens is 262 g/mol. The number of pyridine rings is 1. The molecule has 0 aliphatic heterocycles. The summed E-state index contributed by atoms with van der Waals surface area (Å²) in [5.41, 5.74) is 6.16. The van der Waals surface area contributed by atoms with Crippen LogP contribution in [0.4, 0.5) is 5.69 Å². The lowest BCUT2D eigenvalue weighted by molar-refractivity contribution is -0.139. The lowest BCUT2D eigenvalue weighted by Gasteiger charge is -2.13. The van der Waals surface area contributed by atoms with Gasteiger partial charge in [0, 0.05) is 25.0 Å². The number of nitrogens with one attached hydrogen (secondary N) is 1. The average molecular weight is 275 g/mol. The van der Waals surface area contributed by atoms with Crippen molar-refractivity contribution in [1.29, 1.82) is 0 Å². The molecule has 0 aliphatic rings. The number of nitrogen functional groups attached to an aromatic ring is 1. The Hall–Kier alpha value is -2.90. The van der Waals surface area contributed by atoms with E-state index in [1.807, 2.05) is 0 Å². The van der Waals surface area contributed by atoms with Gasteiger partial charge in [0.05, 0.1) is 11.9 Å². The number of hydrogen-bond acceptors (Lipinski definition) is 5. The van der Waals surface area contributed by atoms with Crippen molar-refractivity contribution < 1.29 is 14.7 Å². The monoisotopic (exact) mass is 275 g/mol. The number of aryl methyl sites for hydroxylation is 1. The van der Waals surface area contributed by atoms with Crippen LogP contribution in [0.2, 0.25) is 0 Å². The van der Waals surface area contributed by atoms with Gasteiger partial charge in [0.1, 0.15) is 0 Å². The maximum atomic E-state index is 12.0. The second-order valence-corrected chi connectivity index (χ2v) is 4.13. The highest BCUT2D eigenvalue weighted by atomic mass is 16.4. The zero-order chi connectivity index (χ0) is 14.7. The Morgan fingerprint density at radius 2 is 2.25 bits per heavy atom. The van der Waals surface area contributed by atoms with Gasteiger partial charge in [-0.2, -0.15) is 5.10 Å². The first-order chi connectivity index (χ1) is 9.49. The van der Waals surface area contributed by atoms with Crippen molar-refractivity contribution in [3.05, 3.63) is 42.0 Å². The molecule has 4 N–H and O–H groups in total. The van der Waals surface area contributed by atoms with E-state index in [9.17, 15) is 14.7 Å². The molecule has 0 spiro atoms. The molecule has 1 unspecified atom stereocenters. The molecule has 0 bridgehead atoms. The maximum absolute atomic E-state index is 12.0. The molecule has 0 saturated heterocycles. The molecule has 1 amide bonds. The summed E-state index contributed by atoms with van der Waals surface area (Å²) in [5, 5.41) is 15.4. The summed E-state index contributed by atoms with van der Waals surface area (Å²) in [7, 11) is 1.65. The SMILES string of the molecule is Cn1cc(C(NC(=O)c2ncccc2N)C(=O)O)cn1. The van der Waals surface area contributed by atoms with E-state index in [0.717, 1.165) is 0 Å². The summed E-state index contributed by atoms with van der Waals surface area (Å²) in [4.78, 5) is 27.1. The van der Waals surface area contributed by atoms with E-state index in [1.165, 1.54) is 29.3 Å². The van der Waals surface area contributed by atoms with Crippen molar-refractivity contribution in [1.82, 2.24) is 20.1 Å². The van der Waals surface area contributed by atoms with Crippen LogP contribution in [0.1, 0.15) is 22.1 Å². The minimum absolute atomic E-state index is 0.0114. The first-order valence-electron chi connectivity index (χ1n) is 5.71. The summed E-state index contributed by atoms with van der Waals surface area (Å²) >= 11 is 0. The second-order valence-electron chi connectivity index (χ2n) is 4.13. The molecule has 0 fully saturated rings. The van der Waals surface area contributed by atoms with Crippen molar-refractivity contribution in [2.75, 3.05) is 5.73 Å². The maximum Gasteiger partial charge on any atom is 0.331 e. The van der Waals surface area contributed by atoms with Crippen LogP contribution in [-0.2, 0) is 11.8 Å². The largest absolute Gasteiger partial charge is 0.479 e. The van der Waals surface area contributed by atoms with Crippen LogP contribution in [0.15, 0.2) is 30.7 Å². The van der Waals surface area contributed by atoms with Gasteiger partial charge in [-0.15, -0.1) is 0 Å². The van der Waals surface area contributed by atoms with E-state index in [2.05, 4.69) is 15.4 Å². The van der Waals surface area contributed by atoms with Gasteiger partial charge in [0.2, 0.25) is 0 Å². The fourth-order valence-corrected chi connectivity index (χ4v) is 1.68. The van der Waals surface area contributed by atoms with E-state index < -0.39 is 17.9 Å². The predicted octanol–water partition coefficient (Wildman–Crippen LogP) is -0.0470. The molecule has 2 aromatic heterocycles. The fourth-order valence-electron chi connectivity index (χ4n) is 1.68. The van der Waals surface area contributed by atoms with E-state index in [-0.39, 0.29) is 11.4 Å². The van der Waals surface area contributed by atoms with Crippen LogP contribution in [0.3, 0.4) is 0 Å². The lowest BCUT2D eigenvalue weighted by atomic mass is 10.1. The van der Waals surface area contributed by atoms with Crippen LogP contribution in [0, 0.1) is 0 Å². The number of carboxylic acid groups (broad SMARTS) is 1. The van der Waals surface area contributed by atoms with E-state index in [0.29, 0.717) is 5.56 Å². The van der Waals surface area contributed by atoms with Crippen molar-refractivity contribution in [3.63, 3.8) is 0 Å². The first-order valence-corrected chi connectivity index (χ1v) is 5.71. The Balaban J connectivity index is 2.23. The highest BCUT2D eigenvalue weighted by molar-refractivity contribution is 5.99. The summed E-state index contributed by atoms with van der Waals surface area (Å²) in [6, 6.07) is 1.89. The third-order valence-corrected chi connectivity index (χ3v) is 2.63. The third kappa shape index (κ3) is 2.74. The van der Waals surface area contributed by atoms with Crippen molar-refractivity contribution in [2.45, 2.75) is 6.04 Å². The topological polar surface area (TPSA) is 123 Å². The normalized spacial score (nSPS) is 11.8. The fraction of sp³-hybridized carbons (Fsp3) is 0.167. The molecular formula is C12H13N5O3. The lowest BCUT2D eigenvalue weighted by Crippen LogP contribution is -2.34. The highest BCUT2D eigenvalue weighted by Crippen LogP contribution is 2.14. The number of hydrogen-bond donors (Lipinski definition) is 3. The van der Waals surface area contributed by atoms with Gasteiger partial charge < -0.3 is 16.2 Å². The highest BCUT2D eigenvalue weighted by Gasteiger charge is 2.25. The average Bonchev–Trinajstić information content (AvgIpc) is 2.82. The summed E-state index contributed by atoms with van der Waals surface area (Å²) < 4.78 is 1.45. The number of anilines is 1. The van der Waals surface area contributed by atoms with Gasteiger partial charge in [-0.1, -0.05) is 0 Å². The molecule has 0 radical (unpaired) electrons. The van der Waals surface area contributed by atoms with Crippen LogP contribution in [0.5, 0.6) is 0 Å². The minimum Gasteiger partial charge on any atom is -0.479 e. The number of carbonyl (C=O) groups excluding carboxylic acids is 1. The van der Waals surface area contributed by atoms with Crippen LogP contribution >= 0.6 is 0 Å².